The van der Waals surface area contributed by atoms with Crippen molar-refractivity contribution in [3.63, 3.8) is 0 Å². The van der Waals surface area contributed by atoms with Gasteiger partial charge in [0.2, 0.25) is 0 Å². The molecule has 0 aliphatic rings. The smallest absolute Gasteiger partial charge is 0.137 e. The normalized spacial score (nSPS) is 11.1. The van der Waals surface area contributed by atoms with Gasteiger partial charge in [0.15, 0.2) is 0 Å². The zero-order chi connectivity index (χ0) is 12.7. The molecule has 0 saturated heterocycles. The van der Waals surface area contributed by atoms with E-state index in [1.54, 1.807) is 0 Å². The Morgan fingerprint density at radius 3 is 2.72 bits per heavy atom. The highest BCUT2D eigenvalue weighted by atomic mass is 79.9. The third kappa shape index (κ3) is 1.85. The molecule has 0 spiro atoms. The summed E-state index contributed by atoms with van der Waals surface area (Å²) in [5, 5.41) is 0. The lowest BCUT2D eigenvalue weighted by molar-refractivity contribution is 1.10. The zero-order valence-corrected chi connectivity index (χ0v) is 11.9. The summed E-state index contributed by atoms with van der Waals surface area (Å²) in [4.78, 5) is 4.73. The second kappa shape index (κ2) is 4.25. The van der Waals surface area contributed by atoms with Crippen molar-refractivity contribution in [2.24, 2.45) is 0 Å². The Hall–Kier alpha value is -1.61. The number of fused-ring (bicyclic) bond motifs is 1. The number of imidazole rings is 1. The molecule has 0 aliphatic heterocycles. The fourth-order valence-corrected chi connectivity index (χ4v) is 2.58. The van der Waals surface area contributed by atoms with Crippen molar-refractivity contribution < 1.29 is 0 Å². The monoisotopic (exact) mass is 300 g/mol. The third-order valence-electron chi connectivity index (χ3n) is 3.12. The van der Waals surface area contributed by atoms with E-state index < -0.39 is 0 Å². The van der Waals surface area contributed by atoms with Crippen LogP contribution in [0.5, 0.6) is 0 Å². The van der Waals surface area contributed by atoms with Crippen LogP contribution in [0.4, 0.5) is 0 Å². The number of benzene rings is 1. The molecule has 2 heterocycles. The SMILES string of the molecule is Cc1ccn2c(C)c(-c3cccc(Br)c3)nc2c1. The van der Waals surface area contributed by atoms with Crippen LogP contribution in [0.1, 0.15) is 11.3 Å². The zero-order valence-electron chi connectivity index (χ0n) is 10.3. The molecule has 0 bridgehead atoms. The van der Waals surface area contributed by atoms with E-state index in [2.05, 4.69) is 64.6 Å². The number of aromatic nitrogens is 2. The van der Waals surface area contributed by atoms with Crippen molar-refractivity contribution in [1.82, 2.24) is 9.38 Å². The van der Waals surface area contributed by atoms with E-state index in [1.165, 1.54) is 11.3 Å². The predicted molar refractivity (Wildman–Crippen MR) is 77.8 cm³/mol. The molecule has 90 valence electrons. The van der Waals surface area contributed by atoms with Crippen molar-refractivity contribution in [3.05, 3.63) is 58.3 Å². The van der Waals surface area contributed by atoms with E-state index in [-0.39, 0.29) is 0 Å². The molecule has 1 aromatic carbocycles. The molecule has 3 aromatic rings. The molecule has 0 amide bonds. The molecule has 3 heteroatoms. The number of rotatable bonds is 1. The summed E-state index contributed by atoms with van der Waals surface area (Å²) in [6.45, 7) is 4.19. The lowest BCUT2D eigenvalue weighted by Crippen LogP contribution is -1.87. The van der Waals surface area contributed by atoms with Gasteiger partial charge in [-0.15, -0.1) is 0 Å². The second-order valence-electron chi connectivity index (χ2n) is 4.49. The highest BCUT2D eigenvalue weighted by Gasteiger charge is 2.10. The van der Waals surface area contributed by atoms with E-state index in [0.717, 1.165) is 21.4 Å². The topological polar surface area (TPSA) is 17.3 Å². The Morgan fingerprint density at radius 2 is 1.94 bits per heavy atom. The van der Waals surface area contributed by atoms with Gasteiger partial charge in [-0.2, -0.15) is 0 Å². The highest BCUT2D eigenvalue weighted by Crippen LogP contribution is 2.26. The summed E-state index contributed by atoms with van der Waals surface area (Å²) in [7, 11) is 0. The molecule has 2 nitrogen and oxygen atoms in total. The average Bonchev–Trinajstić information content (AvgIpc) is 2.66. The van der Waals surface area contributed by atoms with Gasteiger partial charge in [0.05, 0.1) is 5.69 Å². The highest BCUT2D eigenvalue weighted by molar-refractivity contribution is 9.10. The fourth-order valence-electron chi connectivity index (χ4n) is 2.18. The number of nitrogens with zero attached hydrogens (tertiary/aromatic N) is 2. The molecular formula is C15H13BrN2. The average molecular weight is 301 g/mol. The molecular weight excluding hydrogens is 288 g/mol. The van der Waals surface area contributed by atoms with Gasteiger partial charge >= 0.3 is 0 Å². The molecule has 0 aliphatic carbocycles. The molecule has 0 saturated carbocycles. The summed E-state index contributed by atoms with van der Waals surface area (Å²) in [5.74, 6) is 0. The summed E-state index contributed by atoms with van der Waals surface area (Å²) >= 11 is 3.50. The lowest BCUT2D eigenvalue weighted by atomic mass is 10.1. The Labute approximate surface area is 114 Å². The van der Waals surface area contributed by atoms with Crippen LogP contribution in [0.2, 0.25) is 0 Å². The first kappa shape index (κ1) is 11.5. The van der Waals surface area contributed by atoms with Crippen molar-refractivity contribution in [1.29, 1.82) is 0 Å². The van der Waals surface area contributed by atoms with Gasteiger partial charge in [-0.3, -0.25) is 0 Å². The lowest BCUT2D eigenvalue weighted by Gasteiger charge is -2.00. The van der Waals surface area contributed by atoms with Crippen LogP contribution in [-0.2, 0) is 0 Å². The van der Waals surface area contributed by atoms with Gasteiger partial charge < -0.3 is 4.40 Å². The van der Waals surface area contributed by atoms with Crippen molar-refractivity contribution in [2.45, 2.75) is 13.8 Å². The minimum absolute atomic E-state index is 1.00. The maximum absolute atomic E-state index is 4.73. The van der Waals surface area contributed by atoms with E-state index in [4.69, 9.17) is 4.98 Å². The number of pyridine rings is 1. The maximum atomic E-state index is 4.73. The summed E-state index contributed by atoms with van der Waals surface area (Å²) in [5.41, 5.74) is 5.59. The van der Waals surface area contributed by atoms with Gasteiger partial charge in [0.1, 0.15) is 5.65 Å². The van der Waals surface area contributed by atoms with E-state index in [0.29, 0.717) is 0 Å². The van der Waals surface area contributed by atoms with Crippen LogP contribution < -0.4 is 0 Å². The van der Waals surface area contributed by atoms with Crippen LogP contribution in [0.15, 0.2) is 47.1 Å². The summed E-state index contributed by atoms with van der Waals surface area (Å²) in [6, 6.07) is 12.5. The number of aryl methyl sites for hydroxylation is 2. The molecule has 3 rings (SSSR count). The van der Waals surface area contributed by atoms with Gasteiger partial charge in [0.25, 0.3) is 0 Å². The number of hydrogen-bond acceptors (Lipinski definition) is 1. The van der Waals surface area contributed by atoms with Crippen LogP contribution in [0.3, 0.4) is 0 Å². The molecule has 2 aromatic heterocycles. The Morgan fingerprint density at radius 1 is 1.11 bits per heavy atom. The van der Waals surface area contributed by atoms with E-state index in [1.807, 2.05) is 12.1 Å². The van der Waals surface area contributed by atoms with Gasteiger partial charge in [-0.05, 0) is 43.7 Å². The molecule has 18 heavy (non-hydrogen) atoms. The quantitative estimate of drug-likeness (QED) is 0.652. The summed E-state index contributed by atoms with van der Waals surface area (Å²) in [6.07, 6.45) is 2.08. The second-order valence-corrected chi connectivity index (χ2v) is 5.40. The van der Waals surface area contributed by atoms with Crippen molar-refractivity contribution >= 4 is 21.6 Å². The molecule has 0 N–H and O–H groups in total. The number of hydrogen-bond donors (Lipinski definition) is 0. The van der Waals surface area contributed by atoms with E-state index in [9.17, 15) is 0 Å². The predicted octanol–water partition coefficient (Wildman–Crippen LogP) is 4.38. The molecule has 0 atom stereocenters. The maximum Gasteiger partial charge on any atom is 0.137 e. The van der Waals surface area contributed by atoms with Crippen molar-refractivity contribution in [3.8, 4) is 11.3 Å². The van der Waals surface area contributed by atoms with Crippen LogP contribution in [0.25, 0.3) is 16.9 Å². The standard InChI is InChI=1S/C15H13BrN2/c1-10-6-7-18-11(2)15(17-14(18)8-10)12-4-3-5-13(16)9-12/h3-9H,1-2H3. The Kier molecular flexibility index (Phi) is 2.71. The molecule has 0 fully saturated rings. The number of halogens is 1. The van der Waals surface area contributed by atoms with Crippen LogP contribution >= 0.6 is 15.9 Å². The third-order valence-corrected chi connectivity index (χ3v) is 3.61. The van der Waals surface area contributed by atoms with Crippen molar-refractivity contribution in [2.75, 3.05) is 0 Å². The van der Waals surface area contributed by atoms with Crippen LogP contribution in [-0.4, -0.2) is 9.38 Å². The fraction of sp³-hybridized carbons (Fsp3) is 0.133. The first-order valence-electron chi connectivity index (χ1n) is 5.86. The molecule has 0 radical (unpaired) electrons. The van der Waals surface area contributed by atoms with Gasteiger partial charge in [-0.1, -0.05) is 28.1 Å². The summed E-state index contributed by atoms with van der Waals surface area (Å²) < 4.78 is 3.20. The first-order chi connectivity index (χ1) is 8.65. The largest absolute Gasteiger partial charge is 0.304 e. The van der Waals surface area contributed by atoms with Gasteiger partial charge in [0, 0.05) is 21.9 Å². The minimum Gasteiger partial charge on any atom is -0.304 e. The van der Waals surface area contributed by atoms with Gasteiger partial charge in [-0.25, -0.2) is 4.98 Å². The molecule has 0 unspecified atom stereocenters. The van der Waals surface area contributed by atoms with E-state index >= 15 is 0 Å². The van der Waals surface area contributed by atoms with Crippen LogP contribution in [0, 0.1) is 13.8 Å². The minimum atomic E-state index is 1.00. The first-order valence-corrected chi connectivity index (χ1v) is 6.66. The Balaban J connectivity index is 2.27. The Bertz CT molecular complexity index is 728.